The summed E-state index contributed by atoms with van der Waals surface area (Å²) in [5, 5.41) is 2.68. The average Bonchev–Trinajstić information content (AvgIpc) is 2.71. The van der Waals surface area contributed by atoms with Crippen molar-refractivity contribution in [2.45, 2.75) is 26.4 Å². The van der Waals surface area contributed by atoms with E-state index in [2.05, 4.69) is 21.2 Å². The van der Waals surface area contributed by atoms with Gasteiger partial charge >= 0.3 is 0 Å². The molecule has 2 amide bonds. The zero-order valence-corrected chi connectivity index (χ0v) is 19.9. The normalized spacial score (nSPS) is 12.2. The van der Waals surface area contributed by atoms with Gasteiger partial charge in [-0.2, -0.15) is 0 Å². The van der Waals surface area contributed by atoms with E-state index >= 15 is 0 Å². The quantitative estimate of drug-likeness (QED) is 0.558. The molecule has 0 aliphatic rings. The van der Waals surface area contributed by atoms with Crippen LogP contribution in [-0.4, -0.2) is 50.5 Å². The molecule has 0 saturated heterocycles. The molecule has 0 aliphatic carbocycles. The molecule has 168 valence electrons. The summed E-state index contributed by atoms with van der Waals surface area (Å²) in [5.41, 5.74) is 0.937. The van der Waals surface area contributed by atoms with Crippen LogP contribution < -0.4 is 9.62 Å². The van der Waals surface area contributed by atoms with E-state index in [-0.39, 0.29) is 18.1 Å². The van der Waals surface area contributed by atoms with Crippen molar-refractivity contribution in [1.82, 2.24) is 10.2 Å². The number of halogens is 2. The topological polar surface area (TPSA) is 86.8 Å². The molecule has 1 atom stereocenters. The Hall–Kier alpha value is -2.46. The molecule has 2 aromatic rings. The predicted molar refractivity (Wildman–Crippen MR) is 121 cm³/mol. The number of sulfonamides is 1. The molecule has 7 nitrogen and oxygen atoms in total. The summed E-state index contributed by atoms with van der Waals surface area (Å²) in [7, 11) is -3.84. The highest BCUT2D eigenvalue weighted by molar-refractivity contribution is 9.10. The highest BCUT2D eigenvalue weighted by Crippen LogP contribution is 2.20. The second-order valence-corrected chi connectivity index (χ2v) is 9.79. The van der Waals surface area contributed by atoms with Crippen molar-refractivity contribution in [1.29, 1.82) is 0 Å². The number of rotatable bonds is 9. The number of likely N-dealkylation sites (N-methyl/N-ethyl adjacent to an activating group) is 1. The van der Waals surface area contributed by atoms with E-state index in [1.165, 1.54) is 17.0 Å². The van der Waals surface area contributed by atoms with E-state index in [1.54, 1.807) is 13.8 Å². The minimum absolute atomic E-state index is 0.117. The van der Waals surface area contributed by atoms with Gasteiger partial charge in [-0.25, -0.2) is 12.8 Å². The van der Waals surface area contributed by atoms with Crippen LogP contribution in [0.1, 0.15) is 19.4 Å². The van der Waals surface area contributed by atoms with Gasteiger partial charge in [0.15, 0.2) is 0 Å². The van der Waals surface area contributed by atoms with Crippen LogP contribution in [0.5, 0.6) is 0 Å². The molecule has 1 N–H and O–H groups in total. The van der Waals surface area contributed by atoms with E-state index in [9.17, 15) is 22.4 Å². The number of carbonyl (C=O) groups excluding carboxylic acids is 2. The van der Waals surface area contributed by atoms with Gasteiger partial charge in [0.05, 0.1) is 11.9 Å². The number of hydrogen-bond donors (Lipinski definition) is 1. The third kappa shape index (κ3) is 7.03. The molecule has 0 aliphatic heterocycles. The Bertz CT molecular complexity index is 1010. The number of amides is 2. The number of carbonyl (C=O) groups is 2. The maximum atomic E-state index is 13.3. The summed E-state index contributed by atoms with van der Waals surface area (Å²) in [6.07, 6.45) is 0.968. The van der Waals surface area contributed by atoms with Gasteiger partial charge in [0, 0.05) is 17.6 Å². The van der Waals surface area contributed by atoms with Crippen molar-refractivity contribution < 1.29 is 22.4 Å². The van der Waals surface area contributed by atoms with Gasteiger partial charge in [0.2, 0.25) is 21.8 Å². The van der Waals surface area contributed by atoms with Crippen molar-refractivity contribution in [2.75, 3.05) is 23.7 Å². The van der Waals surface area contributed by atoms with Gasteiger partial charge in [-0.1, -0.05) is 28.1 Å². The third-order valence-corrected chi connectivity index (χ3v) is 6.25. The molecule has 0 saturated carbocycles. The second-order valence-electron chi connectivity index (χ2n) is 6.96. The molecule has 0 heterocycles. The minimum atomic E-state index is -3.84. The molecule has 31 heavy (non-hydrogen) atoms. The monoisotopic (exact) mass is 513 g/mol. The lowest BCUT2D eigenvalue weighted by molar-refractivity contribution is -0.139. The average molecular weight is 514 g/mol. The molecule has 2 aromatic carbocycles. The first-order valence-electron chi connectivity index (χ1n) is 9.57. The van der Waals surface area contributed by atoms with Gasteiger partial charge in [0.25, 0.3) is 0 Å². The van der Waals surface area contributed by atoms with E-state index in [4.69, 9.17) is 0 Å². The van der Waals surface area contributed by atoms with E-state index < -0.39 is 34.3 Å². The lowest BCUT2D eigenvalue weighted by Gasteiger charge is -2.31. The number of nitrogens with zero attached hydrogens (tertiary/aromatic N) is 2. The van der Waals surface area contributed by atoms with Crippen molar-refractivity contribution in [3.63, 3.8) is 0 Å². The predicted octanol–water partition coefficient (Wildman–Crippen LogP) is 2.91. The molecular formula is C21H25BrFN3O4S. The molecular weight excluding hydrogens is 489 g/mol. The Morgan fingerprint density at radius 1 is 1.10 bits per heavy atom. The Kier molecular flexibility index (Phi) is 8.58. The standard InChI is InChI=1S/C21H25BrFN3O4S/c1-4-24-21(28)15(2)25(13-16-5-7-17(22)8-6-16)20(27)14-26(31(3,29)30)19-11-9-18(23)10-12-19/h5-12,15H,4,13-14H2,1-3H3,(H,24,28)/t15-/m1/s1. The first kappa shape index (κ1) is 24.8. The molecule has 0 radical (unpaired) electrons. The zero-order valence-electron chi connectivity index (χ0n) is 17.5. The Morgan fingerprint density at radius 2 is 1.68 bits per heavy atom. The first-order valence-corrected chi connectivity index (χ1v) is 12.2. The van der Waals surface area contributed by atoms with Crippen molar-refractivity contribution in [3.05, 3.63) is 64.4 Å². The van der Waals surface area contributed by atoms with Crippen molar-refractivity contribution in [3.8, 4) is 0 Å². The molecule has 2 rings (SSSR count). The Labute approximate surface area is 190 Å². The molecule has 10 heteroatoms. The summed E-state index contributed by atoms with van der Waals surface area (Å²) in [6.45, 7) is 3.35. The highest BCUT2D eigenvalue weighted by atomic mass is 79.9. The van der Waals surface area contributed by atoms with Crippen LogP contribution in [0.3, 0.4) is 0 Å². The van der Waals surface area contributed by atoms with Crippen LogP contribution in [-0.2, 0) is 26.2 Å². The summed E-state index contributed by atoms with van der Waals surface area (Å²) in [4.78, 5) is 27.0. The summed E-state index contributed by atoms with van der Waals surface area (Å²) >= 11 is 3.35. The van der Waals surface area contributed by atoms with Crippen LogP contribution in [0, 0.1) is 5.82 Å². The maximum Gasteiger partial charge on any atom is 0.244 e. The zero-order chi connectivity index (χ0) is 23.2. The van der Waals surface area contributed by atoms with Crippen LogP contribution >= 0.6 is 15.9 Å². The minimum Gasteiger partial charge on any atom is -0.355 e. The van der Waals surface area contributed by atoms with Crippen LogP contribution in [0.25, 0.3) is 0 Å². The van der Waals surface area contributed by atoms with Gasteiger partial charge in [-0.05, 0) is 55.8 Å². The van der Waals surface area contributed by atoms with Gasteiger partial charge < -0.3 is 10.2 Å². The van der Waals surface area contributed by atoms with Gasteiger partial charge in [0.1, 0.15) is 18.4 Å². The fraction of sp³-hybridized carbons (Fsp3) is 0.333. The lowest BCUT2D eigenvalue weighted by Crippen LogP contribution is -2.51. The number of benzene rings is 2. The fourth-order valence-electron chi connectivity index (χ4n) is 2.91. The Morgan fingerprint density at radius 3 is 2.19 bits per heavy atom. The van der Waals surface area contributed by atoms with E-state index in [1.807, 2.05) is 24.3 Å². The highest BCUT2D eigenvalue weighted by Gasteiger charge is 2.29. The van der Waals surface area contributed by atoms with Crippen LogP contribution in [0.15, 0.2) is 53.0 Å². The molecule has 0 spiro atoms. The number of nitrogens with one attached hydrogen (secondary N) is 1. The number of hydrogen-bond acceptors (Lipinski definition) is 4. The maximum absolute atomic E-state index is 13.3. The van der Waals surface area contributed by atoms with Crippen LogP contribution in [0.2, 0.25) is 0 Å². The molecule has 0 aromatic heterocycles. The summed E-state index contributed by atoms with van der Waals surface area (Å²) in [6, 6.07) is 11.2. The second kappa shape index (κ2) is 10.7. The molecule has 0 fully saturated rings. The van der Waals surface area contributed by atoms with Crippen molar-refractivity contribution >= 4 is 43.5 Å². The fourth-order valence-corrected chi connectivity index (χ4v) is 4.03. The third-order valence-electron chi connectivity index (χ3n) is 4.58. The SMILES string of the molecule is CCNC(=O)[C@@H](C)N(Cc1ccc(Br)cc1)C(=O)CN(c1ccc(F)cc1)S(C)(=O)=O. The Balaban J connectivity index is 2.35. The molecule has 0 unspecified atom stereocenters. The first-order chi connectivity index (χ1) is 14.5. The molecule has 0 bridgehead atoms. The summed E-state index contributed by atoms with van der Waals surface area (Å²) in [5.74, 6) is -1.43. The van der Waals surface area contributed by atoms with E-state index in [0.29, 0.717) is 6.54 Å². The lowest BCUT2D eigenvalue weighted by atomic mass is 10.1. The summed E-state index contributed by atoms with van der Waals surface area (Å²) < 4.78 is 39.8. The smallest absolute Gasteiger partial charge is 0.244 e. The largest absolute Gasteiger partial charge is 0.355 e. The number of anilines is 1. The van der Waals surface area contributed by atoms with E-state index in [0.717, 1.165) is 32.7 Å². The van der Waals surface area contributed by atoms with Gasteiger partial charge in [-0.15, -0.1) is 0 Å². The van der Waals surface area contributed by atoms with Gasteiger partial charge in [-0.3, -0.25) is 13.9 Å². The van der Waals surface area contributed by atoms with Crippen LogP contribution in [0.4, 0.5) is 10.1 Å². The van der Waals surface area contributed by atoms with Crippen molar-refractivity contribution in [2.24, 2.45) is 0 Å².